The van der Waals surface area contributed by atoms with Gasteiger partial charge >= 0.3 is 6.09 Å². The lowest BCUT2D eigenvalue weighted by Gasteiger charge is -2.27. The summed E-state index contributed by atoms with van der Waals surface area (Å²) in [6, 6.07) is 9.51. The van der Waals surface area contributed by atoms with Crippen LogP contribution >= 0.6 is 0 Å². The topological polar surface area (TPSA) is 72.5 Å². The number of rotatable bonds is 4. The molecule has 2 saturated heterocycles. The minimum absolute atomic E-state index is 0.196. The van der Waals surface area contributed by atoms with E-state index < -0.39 is 15.9 Å². The first kappa shape index (κ1) is 15.3. The second-order valence-corrected chi connectivity index (χ2v) is 8.70. The average molecular weight is 323 g/mol. The molecule has 0 spiro atoms. The van der Waals surface area contributed by atoms with Crippen molar-refractivity contribution in [1.82, 2.24) is 5.32 Å². The molecule has 0 radical (unpaired) electrons. The zero-order valence-corrected chi connectivity index (χ0v) is 13.2. The van der Waals surface area contributed by atoms with Crippen LogP contribution in [0, 0.1) is 5.92 Å². The van der Waals surface area contributed by atoms with Crippen LogP contribution in [0.15, 0.2) is 30.3 Å². The fourth-order valence-corrected chi connectivity index (χ4v) is 6.04. The summed E-state index contributed by atoms with van der Waals surface area (Å²) in [5, 5.41) is 2.37. The maximum Gasteiger partial charge on any atom is 0.407 e. The summed E-state index contributed by atoms with van der Waals surface area (Å²) in [4.78, 5) is 11.7. The molecule has 0 aromatic heterocycles. The van der Waals surface area contributed by atoms with Crippen molar-refractivity contribution in [3.8, 4) is 0 Å². The predicted octanol–water partition coefficient (Wildman–Crippen LogP) is 2.27. The van der Waals surface area contributed by atoms with Crippen molar-refractivity contribution in [2.75, 3.05) is 6.54 Å². The third-order valence-electron chi connectivity index (χ3n) is 4.68. The molecule has 1 N–H and O–H groups in total. The van der Waals surface area contributed by atoms with E-state index in [0.717, 1.165) is 18.4 Å². The summed E-state index contributed by atoms with van der Waals surface area (Å²) < 4.78 is 29.2. The van der Waals surface area contributed by atoms with Crippen molar-refractivity contribution in [1.29, 1.82) is 0 Å². The number of sulfone groups is 1. The molecule has 2 atom stereocenters. The van der Waals surface area contributed by atoms with E-state index in [0.29, 0.717) is 19.4 Å². The lowest BCUT2D eigenvalue weighted by molar-refractivity contribution is 0.137. The van der Waals surface area contributed by atoms with Gasteiger partial charge in [-0.05, 0) is 37.2 Å². The van der Waals surface area contributed by atoms with Gasteiger partial charge in [-0.2, -0.15) is 0 Å². The number of carbonyl (C=O) groups excluding carboxylic acids is 1. The zero-order valence-electron chi connectivity index (χ0n) is 12.4. The molecule has 120 valence electrons. The molecule has 5 nitrogen and oxygen atoms in total. The van der Waals surface area contributed by atoms with Crippen molar-refractivity contribution >= 4 is 15.9 Å². The number of amides is 1. The van der Waals surface area contributed by atoms with E-state index in [4.69, 9.17) is 4.74 Å². The molecule has 2 aliphatic heterocycles. The molecule has 6 heteroatoms. The van der Waals surface area contributed by atoms with Gasteiger partial charge in [-0.15, -0.1) is 0 Å². The lowest BCUT2D eigenvalue weighted by Crippen LogP contribution is -2.38. The van der Waals surface area contributed by atoms with Crippen LogP contribution in [-0.4, -0.2) is 31.6 Å². The molecule has 22 heavy (non-hydrogen) atoms. The number of carbonyl (C=O) groups is 1. The van der Waals surface area contributed by atoms with Crippen LogP contribution < -0.4 is 5.32 Å². The molecule has 2 bridgehead atoms. The first-order chi connectivity index (χ1) is 10.6. The molecular formula is C16H21NO4S. The van der Waals surface area contributed by atoms with Crippen LogP contribution in [0.4, 0.5) is 4.79 Å². The van der Waals surface area contributed by atoms with Gasteiger partial charge in [0.25, 0.3) is 0 Å². The molecule has 2 unspecified atom stereocenters. The standard InChI is InChI=1S/C16H21NO4S/c18-16(21-11-12-4-2-1-3-5-12)17-10-13-8-14-6-7-15(9-13)22(14,19)20/h1-5,13-15H,6-11H2,(H,17,18). The van der Waals surface area contributed by atoms with Gasteiger partial charge in [0.1, 0.15) is 6.61 Å². The number of benzene rings is 1. The minimum Gasteiger partial charge on any atom is -0.445 e. The van der Waals surface area contributed by atoms with Crippen molar-refractivity contribution in [2.24, 2.45) is 5.92 Å². The van der Waals surface area contributed by atoms with E-state index >= 15 is 0 Å². The van der Waals surface area contributed by atoms with Gasteiger partial charge in [0.05, 0.1) is 10.5 Å². The Morgan fingerprint density at radius 2 is 1.77 bits per heavy atom. The monoisotopic (exact) mass is 323 g/mol. The normalized spacial score (nSPS) is 29.0. The Hall–Kier alpha value is -1.56. The predicted molar refractivity (Wildman–Crippen MR) is 83.1 cm³/mol. The van der Waals surface area contributed by atoms with Gasteiger partial charge in [-0.3, -0.25) is 0 Å². The quantitative estimate of drug-likeness (QED) is 0.922. The molecule has 1 aromatic rings. The maximum atomic E-state index is 12.0. The summed E-state index contributed by atoms with van der Waals surface area (Å²) >= 11 is 0. The Bertz CT molecular complexity index is 609. The molecule has 2 fully saturated rings. The molecule has 1 aromatic carbocycles. The number of hydrogen-bond donors (Lipinski definition) is 1. The summed E-state index contributed by atoms with van der Waals surface area (Å²) in [5.41, 5.74) is 0.944. The van der Waals surface area contributed by atoms with E-state index in [1.807, 2.05) is 30.3 Å². The highest BCUT2D eigenvalue weighted by molar-refractivity contribution is 7.93. The third-order valence-corrected chi connectivity index (χ3v) is 7.39. The van der Waals surface area contributed by atoms with Crippen molar-refractivity contribution in [3.63, 3.8) is 0 Å². The highest BCUT2D eigenvalue weighted by Gasteiger charge is 2.46. The fourth-order valence-electron chi connectivity index (χ4n) is 3.48. The van der Waals surface area contributed by atoms with Crippen molar-refractivity contribution in [2.45, 2.75) is 42.8 Å². The Labute approximate surface area is 131 Å². The highest BCUT2D eigenvalue weighted by Crippen LogP contribution is 2.40. The highest BCUT2D eigenvalue weighted by atomic mass is 32.2. The van der Waals surface area contributed by atoms with Crippen molar-refractivity contribution in [3.05, 3.63) is 35.9 Å². The second-order valence-electron chi connectivity index (χ2n) is 6.19. The van der Waals surface area contributed by atoms with E-state index in [-0.39, 0.29) is 23.0 Å². The molecular weight excluding hydrogens is 302 g/mol. The summed E-state index contributed by atoms with van der Waals surface area (Å²) in [6.07, 6.45) is 2.45. The first-order valence-corrected chi connectivity index (χ1v) is 9.34. The zero-order chi connectivity index (χ0) is 15.6. The maximum absolute atomic E-state index is 12.0. The van der Waals surface area contributed by atoms with Gasteiger partial charge in [0.2, 0.25) is 0 Å². The molecule has 0 saturated carbocycles. The van der Waals surface area contributed by atoms with E-state index in [1.54, 1.807) is 0 Å². The smallest absolute Gasteiger partial charge is 0.407 e. The number of alkyl carbamates (subject to hydrolysis) is 1. The SMILES string of the molecule is O=C(NCC1CC2CCC(C1)S2(=O)=O)OCc1ccccc1. The number of ether oxygens (including phenoxy) is 1. The van der Waals surface area contributed by atoms with E-state index in [9.17, 15) is 13.2 Å². The summed E-state index contributed by atoms with van der Waals surface area (Å²) in [7, 11) is -2.89. The molecule has 0 aliphatic carbocycles. The summed E-state index contributed by atoms with van der Waals surface area (Å²) in [5.74, 6) is 0.241. The fraction of sp³-hybridized carbons (Fsp3) is 0.562. The molecule has 1 amide bonds. The average Bonchev–Trinajstić information content (AvgIpc) is 2.70. The van der Waals surface area contributed by atoms with E-state index in [1.165, 1.54) is 0 Å². The number of fused-ring (bicyclic) bond motifs is 2. The molecule has 2 aliphatic rings. The molecule has 2 heterocycles. The van der Waals surface area contributed by atoms with Gasteiger partial charge in [-0.1, -0.05) is 30.3 Å². The minimum atomic E-state index is -2.89. The first-order valence-electron chi connectivity index (χ1n) is 7.73. The molecule has 3 rings (SSSR count). The van der Waals surface area contributed by atoms with Gasteiger partial charge in [0.15, 0.2) is 9.84 Å². The van der Waals surface area contributed by atoms with Crippen molar-refractivity contribution < 1.29 is 17.9 Å². The van der Waals surface area contributed by atoms with Gasteiger partial charge < -0.3 is 10.1 Å². The van der Waals surface area contributed by atoms with Crippen LogP contribution in [0.5, 0.6) is 0 Å². The largest absolute Gasteiger partial charge is 0.445 e. The Kier molecular flexibility index (Phi) is 4.38. The second kappa shape index (κ2) is 6.28. The third kappa shape index (κ3) is 3.27. The number of hydrogen-bond acceptors (Lipinski definition) is 4. The van der Waals surface area contributed by atoms with Crippen LogP contribution in [0.1, 0.15) is 31.2 Å². The van der Waals surface area contributed by atoms with Gasteiger partial charge in [0, 0.05) is 6.54 Å². The summed E-state index contributed by atoms with van der Waals surface area (Å²) in [6.45, 7) is 0.743. The Morgan fingerprint density at radius 1 is 1.14 bits per heavy atom. The van der Waals surface area contributed by atoms with Crippen LogP contribution in [0.25, 0.3) is 0 Å². The van der Waals surface area contributed by atoms with Crippen LogP contribution in [0.2, 0.25) is 0 Å². The lowest BCUT2D eigenvalue weighted by atomic mass is 9.99. The Morgan fingerprint density at radius 3 is 2.41 bits per heavy atom. The van der Waals surface area contributed by atoms with Gasteiger partial charge in [-0.25, -0.2) is 13.2 Å². The van der Waals surface area contributed by atoms with E-state index in [2.05, 4.69) is 5.32 Å². The van der Waals surface area contributed by atoms with Crippen LogP contribution in [-0.2, 0) is 21.2 Å². The van der Waals surface area contributed by atoms with Crippen LogP contribution in [0.3, 0.4) is 0 Å². The Balaban J connectivity index is 1.43. The number of nitrogens with one attached hydrogen (secondary N) is 1.